The Morgan fingerprint density at radius 2 is 1.94 bits per heavy atom. The van der Waals surface area contributed by atoms with Gasteiger partial charge in [0, 0.05) is 29.0 Å². The van der Waals surface area contributed by atoms with Crippen molar-refractivity contribution in [3.8, 4) is 17.1 Å². The molecule has 7 nitrogen and oxygen atoms in total. The molecule has 4 rings (SSSR count). The van der Waals surface area contributed by atoms with Crippen molar-refractivity contribution < 1.29 is 13.2 Å². The fourth-order valence-electron chi connectivity index (χ4n) is 3.02. The fraction of sp³-hybridized carbons (Fsp3) is 0.143. The Morgan fingerprint density at radius 1 is 1.13 bits per heavy atom. The molecule has 2 heterocycles. The zero-order valence-corrected chi connectivity index (χ0v) is 18.9. The smallest absolute Gasteiger partial charge is 0.263 e. The van der Waals surface area contributed by atoms with Gasteiger partial charge in [0.1, 0.15) is 11.6 Å². The number of imidazole rings is 1. The normalized spacial score (nSPS) is 11.4. The van der Waals surface area contributed by atoms with Crippen molar-refractivity contribution in [3.05, 3.63) is 76.5 Å². The molecule has 0 aliphatic carbocycles. The lowest BCUT2D eigenvalue weighted by Gasteiger charge is -2.06. The predicted molar refractivity (Wildman–Crippen MR) is 122 cm³/mol. The highest BCUT2D eigenvalue weighted by atomic mass is 35.5. The summed E-state index contributed by atoms with van der Waals surface area (Å²) in [6.07, 6.45) is 4.89. The second-order valence-electron chi connectivity index (χ2n) is 6.69. The van der Waals surface area contributed by atoms with E-state index in [0.717, 1.165) is 29.7 Å². The summed E-state index contributed by atoms with van der Waals surface area (Å²) in [5, 5.41) is 2.63. The summed E-state index contributed by atoms with van der Waals surface area (Å²) in [4.78, 5) is 11.8. The average Bonchev–Trinajstić information content (AvgIpc) is 3.44. The van der Waals surface area contributed by atoms with Crippen molar-refractivity contribution in [1.82, 2.24) is 15.0 Å². The molecule has 0 bridgehead atoms. The predicted octanol–water partition coefficient (Wildman–Crippen LogP) is 4.78. The summed E-state index contributed by atoms with van der Waals surface area (Å²) in [5.74, 6) is 1.33. The van der Waals surface area contributed by atoms with E-state index in [1.807, 2.05) is 18.2 Å². The van der Waals surface area contributed by atoms with E-state index in [0.29, 0.717) is 21.7 Å². The molecule has 2 N–H and O–H groups in total. The van der Waals surface area contributed by atoms with Crippen LogP contribution in [0.4, 0.5) is 5.13 Å². The number of aromatic nitrogens is 3. The first-order chi connectivity index (χ1) is 14.9. The van der Waals surface area contributed by atoms with Gasteiger partial charge in [-0.15, -0.1) is 11.3 Å². The quantitative estimate of drug-likeness (QED) is 0.383. The summed E-state index contributed by atoms with van der Waals surface area (Å²) in [6.45, 7) is 0. The minimum Gasteiger partial charge on any atom is -0.495 e. The van der Waals surface area contributed by atoms with Crippen molar-refractivity contribution in [1.29, 1.82) is 0 Å². The van der Waals surface area contributed by atoms with Gasteiger partial charge in [0.25, 0.3) is 10.0 Å². The molecule has 31 heavy (non-hydrogen) atoms. The lowest BCUT2D eigenvalue weighted by Crippen LogP contribution is -2.12. The highest BCUT2D eigenvalue weighted by Crippen LogP contribution is 2.26. The minimum atomic E-state index is -3.68. The Bertz CT molecular complexity index is 1270. The largest absolute Gasteiger partial charge is 0.495 e. The van der Waals surface area contributed by atoms with E-state index in [2.05, 4.69) is 19.7 Å². The number of sulfonamides is 1. The first-order valence-corrected chi connectivity index (χ1v) is 12.1. The van der Waals surface area contributed by atoms with Gasteiger partial charge >= 0.3 is 0 Å². The van der Waals surface area contributed by atoms with Crippen LogP contribution in [0.5, 0.6) is 5.75 Å². The summed E-state index contributed by atoms with van der Waals surface area (Å²) in [5.41, 5.74) is 2.88. The number of aryl methyl sites for hydroxylation is 2. The van der Waals surface area contributed by atoms with E-state index in [1.54, 1.807) is 49.1 Å². The third-order valence-corrected chi connectivity index (χ3v) is 7.09. The standard InChI is InChI=1S/C21H19ClN4O3S2/c1-29-19-9-3-14(12-18(19)22)2-6-16-13-24-20(25-16)15-4-7-17(8-5-15)31(27,28)26-21-23-10-11-30-21/h3-5,7-13H,2,6H2,1H3,(H,23,26)(H,24,25). The number of halogens is 1. The van der Waals surface area contributed by atoms with Crippen LogP contribution in [0.3, 0.4) is 0 Å². The molecule has 0 fully saturated rings. The molecule has 160 valence electrons. The number of thiazole rings is 1. The molecule has 0 radical (unpaired) electrons. The van der Waals surface area contributed by atoms with E-state index in [1.165, 1.54) is 11.3 Å². The molecule has 4 aromatic rings. The molecule has 0 saturated heterocycles. The van der Waals surface area contributed by atoms with Crippen molar-refractivity contribution in [3.63, 3.8) is 0 Å². The number of ether oxygens (including phenoxy) is 1. The van der Waals surface area contributed by atoms with Gasteiger partial charge in [0.15, 0.2) is 5.13 Å². The Labute approximate surface area is 189 Å². The molecule has 0 unspecified atom stereocenters. The van der Waals surface area contributed by atoms with E-state index in [-0.39, 0.29) is 4.90 Å². The molecule has 0 aliphatic heterocycles. The first-order valence-electron chi connectivity index (χ1n) is 9.33. The van der Waals surface area contributed by atoms with Crippen molar-refractivity contribution in [2.45, 2.75) is 17.7 Å². The number of nitrogens with zero attached hydrogens (tertiary/aromatic N) is 2. The molecular weight excluding hydrogens is 456 g/mol. The van der Waals surface area contributed by atoms with Crippen molar-refractivity contribution in [2.75, 3.05) is 11.8 Å². The molecule has 2 aromatic heterocycles. The topological polar surface area (TPSA) is 97.0 Å². The molecule has 0 aliphatic rings. The van der Waals surface area contributed by atoms with Gasteiger partial charge in [-0.25, -0.2) is 18.4 Å². The maximum Gasteiger partial charge on any atom is 0.263 e. The highest BCUT2D eigenvalue weighted by Gasteiger charge is 2.16. The van der Waals surface area contributed by atoms with Gasteiger partial charge < -0.3 is 9.72 Å². The van der Waals surface area contributed by atoms with Gasteiger partial charge in [-0.2, -0.15) is 0 Å². The van der Waals surface area contributed by atoms with E-state index in [9.17, 15) is 8.42 Å². The third kappa shape index (κ3) is 5.07. The number of hydrogen-bond donors (Lipinski definition) is 2. The summed E-state index contributed by atoms with van der Waals surface area (Å²) in [6, 6.07) is 12.3. The number of H-pyrrole nitrogens is 1. The Hall–Kier alpha value is -2.88. The Balaban J connectivity index is 1.42. The van der Waals surface area contributed by atoms with Crippen LogP contribution >= 0.6 is 22.9 Å². The first kappa shape index (κ1) is 21.4. The lowest BCUT2D eigenvalue weighted by molar-refractivity contribution is 0.415. The number of methoxy groups -OCH3 is 1. The molecule has 0 saturated carbocycles. The van der Waals surface area contributed by atoms with Gasteiger partial charge in [-0.1, -0.05) is 17.7 Å². The van der Waals surface area contributed by atoms with E-state index < -0.39 is 10.0 Å². The van der Waals surface area contributed by atoms with Crippen molar-refractivity contribution >= 4 is 38.1 Å². The molecule has 0 amide bonds. The van der Waals surface area contributed by atoms with Crippen molar-refractivity contribution in [2.24, 2.45) is 0 Å². The number of rotatable bonds is 8. The van der Waals surface area contributed by atoms with E-state index >= 15 is 0 Å². The monoisotopic (exact) mass is 474 g/mol. The number of nitrogens with one attached hydrogen (secondary N) is 2. The maximum atomic E-state index is 12.5. The SMILES string of the molecule is COc1ccc(CCc2cnc(-c3ccc(S(=O)(=O)Nc4nccs4)cc3)[nH]2)cc1Cl. The van der Waals surface area contributed by atoms with Crippen LogP contribution in [-0.4, -0.2) is 30.5 Å². The van der Waals surface area contributed by atoms with Crippen LogP contribution in [-0.2, 0) is 22.9 Å². The molecule has 0 spiro atoms. The zero-order chi connectivity index (χ0) is 21.8. The molecular formula is C21H19ClN4O3S2. The Morgan fingerprint density at radius 3 is 2.61 bits per heavy atom. The molecule has 0 atom stereocenters. The molecule has 10 heteroatoms. The number of benzene rings is 2. The van der Waals surface area contributed by atoms with Crippen LogP contribution in [0.2, 0.25) is 5.02 Å². The van der Waals surface area contributed by atoms with Gasteiger partial charge in [-0.05, 0) is 54.8 Å². The second kappa shape index (κ2) is 9.09. The third-order valence-electron chi connectivity index (χ3n) is 4.62. The summed E-state index contributed by atoms with van der Waals surface area (Å²) in [7, 11) is -2.09. The summed E-state index contributed by atoms with van der Waals surface area (Å²) < 4.78 is 32.5. The fourth-order valence-corrected chi connectivity index (χ4v) is 5.09. The highest BCUT2D eigenvalue weighted by molar-refractivity contribution is 7.93. The maximum absolute atomic E-state index is 12.5. The second-order valence-corrected chi connectivity index (χ2v) is 9.68. The minimum absolute atomic E-state index is 0.162. The van der Waals surface area contributed by atoms with Gasteiger partial charge in [0.2, 0.25) is 0 Å². The van der Waals surface area contributed by atoms with Gasteiger partial charge in [0.05, 0.1) is 17.0 Å². The zero-order valence-electron chi connectivity index (χ0n) is 16.5. The number of aromatic amines is 1. The van der Waals surface area contributed by atoms with Gasteiger partial charge in [-0.3, -0.25) is 4.72 Å². The van der Waals surface area contributed by atoms with Crippen LogP contribution in [0.1, 0.15) is 11.3 Å². The molecule has 2 aromatic carbocycles. The lowest BCUT2D eigenvalue weighted by atomic mass is 10.1. The van der Waals surface area contributed by atoms with Crippen LogP contribution in [0.15, 0.2) is 65.1 Å². The van der Waals surface area contributed by atoms with Crippen LogP contribution in [0.25, 0.3) is 11.4 Å². The van der Waals surface area contributed by atoms with Crippen LogP contribution in [0, 0.1) is 0 Å². The van der Waals surface area contributed by atoms with E-state index in [4.69, 9.17) is 16.3 Å². The number of hydrogen-bond acceptors (Lipinski definition) is 6. The summed E-state index contributed by atoms with van der Waals surface area (Å²) >= 11 is 7.41. The van der Waals surface area contributed by atoms with Crippen LogP contribution < -0.4 is 9.46 Å². The number of anilines is 1. The Kier molecular flexibility index (Phi) is 6.26. The average molecular weight is 475 g/mol.